The molecule has 0 aliphatic carbocycles. The number of hydrogen-bond donors (Lipinski definition) is 0. The van der Waals surface area contributed by atoms with Gasteiger partial charge in [0.2, 0.25) is 0 Å². The third-order valence-electron chi connectivity index (χ3n) is 3.48. The first kappa shape index (κ1) is 13.5. The molecule has 2 unspecified atom stereocenters. The van der Waals surface area contributed by atoms with Crippen molar-refractivity contribution in [3.63, 3.8) is 0 Å². The number of benzene rings is 1. The van der Waals surface area contributed by atoms with Gasteiger partial charge in [0.25, 0.3) is 0 Å². The van der Waals surface area contributed by atoms with Crippen LogP contribution in [0.1, 0.15) is 11.9 Å². The van der Waals surface area contributed by atoms with Crippen molar-refractivity contribution in [1.29, 1.82) is 0 Å². The molecule has 3 nitrogen and oxygen atoms in total. The van der Waals surface area contributed by atoms with Crippen LogP contribution in [0.5, 0.6) is 0 Å². The predicted molar refractivity (Wildman–Crippen MR) is 83.0 cm³/mol. The molecule has 0 radical (unpaired) electrons. The Bertz CT molecular complexity index is 526. The van der Waals surface area contributed by atoms with Crippen LogP contribution in [0.4, 0.5) is 0 Å². The van der Waals surface area contributed by atoms with Crippen LogP contribution in [0.15, 0.2) is 24.3 Å². The van der Waals surface area contributed by atoms with Crippen LogP contribution in [0.25, 0.3) is 10.2 Å². The van der Waals surface area contributed by atoms with Gasteiger partial charge in [-0.2, -0.15) is 0 Å². The molecule has 3 rings (SSSR count). The fourth-order valence-electron chi connectivity index (χ4n) is 2.35. The van der Waals surface area contributed by atoms with Gasteiger partial charge in [0, 0.05) is 17.9 Å². The van der Waals surface area contributed by atoms with Gasteiger partial charge in [-0.05, 0) is 19.1 Å². The first-order chi connectivity index (χ1) is 9.26. The number of halogens is 1. The molecule has 1 saturated heterocycles. The SMILES string of the molecule is CC1COC(CBr)CN1Cc1nc2ccccc2s1. The Hall–Kier alpha value is -0.490. The second kappa shape index (κ2) is 5.87. The summed E-state index contributed by atoms with van der Waals surface area (Å²) in [4.78, 5) is 7.18. The number of ether oxygens (including phenoxy) is 1. The summed E-state index contributed by atoms with van der Waals surface area (Å²) < 4.78 is 7.03. The molecular formula is C14H17BrN2OS. The zero-order chi connectivity index (χ0) is 13.2. The quantitative estimate of drug-likeness (QED) is 0.801. The Balaban J connectivity index is 1.75. The number of rotatable bonds is 3. The van der Waals surface area contributed by atoms with Crippen molar-refractivity contribution < 1.29 is 4.74 Å². The maximum atomic E-state index is 5.76. The number of thiazole rings is 1. The summed E-state index contributed by atoms with van der Waals surface area (Å²) in [6.07, 6.45) is 0.297. The van der Waals surface area contributed by atoms with Gasteiger partial charge in [-0.25, -0.2) is 4.98 Å². The predicted octanol–water partition coefficient (Wildman–Crippen LogP) is 3.28. The summed E-state index contributed by atoms with van der Waals surface area (Å²) in [5.74, 6) is 0. The average molecular weight is 341 g/mol. The van der Waals surface area contributed by atoms with Gasteiger partial charge in [0.15, 0.2) is 0 Å². The minimum atomic E-state index is 0.297. The van der Waals surface area contributed by atoms with Crippen molar-refractivity contribution in [2.45, 2.75) is 25.6 Å². The van der Waals surface area contributed by atoms with E-state index in [-0.39, 0.29) is 0 Å². The van der Waals surface area contributed by atoms with Crippen LogP contribution >= 0.6 is 27.3 Å². The van der Waals surface area contributed by atoms with Crippen molar-refractivity contribution in [2.75, 3.05) is 18.5 Å². The summed E-state index contributed by atoms with van der Waals surface area (Å²) in [5.41, 5.74) is 1.11. The lowest BCUT2D eigenvalue weighted by Gasteiger charge is -2.36. The number of alkyl halides is 1. The van der Waals surface area contributed by atoms with Gasteiger partial charge in [-0.3, -0.25) is 4.90 Å². The average Bonchev–Trinajstić information content (AvgIpc) is 2.83. The zero-order valence-corrected chi connectivity index (χ0v) is 13.3. The van der Waals surface area contributed by atoms with E-state index in [2.05, 4.69) is 46.0 Å². The highest BCUT2D eigenvalue weighted by Gasteiger charge is 2.26. The van der Waals surface area contributed by atoms with Gasteiger partial charge in [-0.15, -0.1) is 11.3 Å². The summed E-state index contributed by atoms with van der Waals surface area (Å²) in [6.45, 7) is 4.93. The maximum Gasteiger partial charge on any atom is 0.108 e. The lowest BCUT2D eigenvalue weighted by atomic mass is 10.2. The standard InChI is InChI=1S/C14H17BrN2OS/c1-10-9-18-11(6-15)7-17(10)8-14-16-12-4-2-3-5-13(12)19-14/h2-5,10-11H,6-9H2,1H3. The highest BCUT2D eigenvalue weighted by Crippen LogP contribution is 2.24. The lowest BCUT2D eigenvalue weighted by molar-refractivity contribution is -0.0499. The van der Waals surface area contributed by atoms with Crippen molar-refractivity contribution in [3.05, 3.63) is 29.3 Å². The molecule has 102 valence electrons. The van der Waals surface area contributed by atoms with Crippen LogP contribution in [0.3, 0.4) is 0 Å². The lowest BCUT2D eigenvalue weighted by Crippen LogP contribution is -2.48. The van der Waals surface area contributed by atoms with Crippen LogP contribution < -0.4 is 0 Å². The second-order valence-corrected chi connectivity index (χ2v) is 6.73. The minimum Gasteiger partial charge on any atom is -0.374 e. The molecule has 19 heavy (non-hydrogen) atoms. The Labute approximate surface area is 125 Å². The van der Waals surface area contributed by atoms with E-state index < -0.39 is 0 Å². The van der Waals surface area contributed by atoms with E-state index in [9.17, 15) is 0 Å². The van der Waals surface area contributed by atoms with E-state index in [0.29, 0.717) is 12.1 Å². The summed E-state index contributed by atoms with van der Waals surface area (Å²) in [6, 6.07) is 8.80. The van der Waals surface area contributed by atoms with Crippen molar-refractivity contribution in [1.82, 2.24) is 9.88 Å². The first-order valence-electron chi connectivity index (χ1n) is 6.52. The monoisotopic (exact) mass is 340 g/mol. The van der Waals surface area contributed by atoms with E-state index in [4.69, 9.17) is 9.72 Å². The Morgan fingerprint density at radius 1 is 1.47 bits per heavy atom. The van der Waals surface area contributed by atoms with Gasteiger partial charge < -0.3 is 4.74 Å². The third kappa shape index (κ3) is 2.99. The van der Waals surface area contributed by atoms with Crippen LogP contribution in [-0.4, -0.2) is 40.5 Å². The van der Waals surface area contributed by atoms with E-state index in [0.717, 1.165) is 30.5 Å². The molecule has 0 bridgehead atoms. The second-order valence-electron chi connectivity index (χ2n) is 4.96. The maximum absolute atomic E-state index is 5.76. The molecule has 2 heterocycles. The molecule has 1 aromatic carbocycles. The van der Waals surface area contributed by atoms with Crippen molar-refractivity contribution in [2.24, 2.45) is 0 Å². The molecule has 1 aliphatic heterocycles. The van der Waals surface area contributed by atoms with Crippen LogP contribution in [0, 0.1) is 0 Å². The number of morpholine rings is 1. The Morgan fingerprint density at radius 2 is 2.32 bits per heavy atom. The first-order valence-corrected chi connectivity index (χ1v) is 8.46. The molecule has 1 fully saturated rings. The fourth-order valence-corrected chi connectivity index (χ4v) is 3.73. The Kier molecular flexibility index (Phi) is 4.17. The Morgan fingerprint density at radius 3 is 3.11 bits per heavy atom. The largest absolute Gasteiger partial charge is 0.374 e. The summed E-state index contributed by atoms with van der Waals surface area (Å²) in [5, 5.41) is 2.10. The summed E-state index contributed by atoms with van der Waals surface area (Å²) >= 11 is 5.30. The molecule has 0 spiro atoms. The number of fused-ring (bicyclic) bond motifs is 1. The molecule has 0 amide bonds. The molecule has 0 N–H and O–H groups in total. The zero-order valence-electron chi connectivity index (χ0n) is 10.9. The van der Waals surface area contributed by atoms with Crippen LogP contribution in [0.2, 0.25) is 0 Å². The van der Waals surface area contributed by atoms with Crippen molar-refractivity contribution in [3.8, 4) is 0 Å². The number of para-hydroxylation sites is 1. The topological polar surface area (TPSA) is 25.4 Å². The van der Waals surface area contributed by atoms with Gasteiger partial charge in [0.1, 0.15) is 5.01 Å². The van der Waals surface area contributed by atoms with E-state index in [1.165, 1.54) is 9.71 Å². The van der Waals surface area contributed by atoms with Crippen LogP contribution in [-0.2, 0) is 11.3 Å². The number of aromatic nitrogens is 1. The van der Waals surface area contributed by atoms with Gasteiger partial charge in [-0.1, -0.05) is 28.1 Å². The van der Waals surface area contributed by atoms with E-state index in [1.54, 1.807) is 11.3 Å². The molecule has 5 heteroatoms. The van der Waals surface area contributed by atoms with Crippen molar-refractivity contribution >= 4 is 37.5 Å². The van der Waals surface area contributed by atoms with E-state index >= 15 is 0 Å². The third-order valence-corrected chi connectivity index (χ3v) is 5.23. The molecule has 2 aromatic rings. The van der Waals surface area contributed by atoms with Gasteiger partial charge >= 0.3 is 0 Å². The number of nitrogens with zero attached hydrogens (tertiary/aromatic N) is 2. The van der Waals surface area contributed by atoms with Gasteiger partial charge in [0.05, 0.1) is 29.5 Å². The number of hydrogen-bond acceptors (Lipinski definition) is 4. The minimum absolute atomic E-state index is 0.297. The highest BCUT2D eigenvalue weighted by atomic mass is 79.9. The molecule has 0 saturated carbocycles. The normalized spacial score (nSPS) is 24.9. The fraction of sp³-hybridized carbons (Fsp3) is 0.500. The summed E-state index contributed by atoms with van der Waals surface area (Å²) in [7, 11) is 0. The molecule has 1 aliphatic rings. The van der Waals surface area contributed by atoms with E-state index in [1.807, 2.05) is 6.07 Å². The smallest absolute Gasteiger partial charge is 0.108 e. The molecule has 1 aromatic heterocycles. The molecule has 2 atom stereocenters. The highest BCUT2D eigenvalue weighted by molar-refractivity contribution is 9.09. The molecular weight excluding hydrogens is 324 g/mol.